The van der Waals surface area contributed by atoms with Gasteiger partial charge in [-0.05, 0) is 31.9 Å². The summed E-state index contributed by atoms with van der Waals surface area (Å²) in [5.41, 5.74) is 1.79. The number of benzene rings is 1. The second kappa shape index (κ2) is 8.31. The van der Waals surface area contributed by atoms with Crippen LogP contribution in [0, 0.1) is 19.3 Å². The number of amides is 1. The summed E-state index contributed by atoms with van der Waals surface area (Å²) in [4.78, 5) is 28.9. The molecule has 2 saturated heterocycles. The van der Waals surface area contributed by atoms with Gasteiger partial charge in [-0.25, -0.2) is 15.0 Å². The van der Waals surface area contributed by atoms with Crippen molar-refractivity contribution < 1.29 is 9.53 Å². The van der Waals surface area contributed by atoms with Gasteiger partial charge in [0.25, 0.3) is 5.91 Å². The van der Waals surface area contributed by atoms with Gasteiger partial charge in [0.05, 0.1) is 30.1 Å². The SMILES string of the molecule is Cc1nc(Nc2ncc(C(=O)Nc3c(C)cccc3Cl)s2)cc(N2CCC3(COC3)C2)n1. The molecule has 1 aromatic carbocycles. The van der Waals surface area contributed by atoms with E-state index in [-0.39, 0.29) is 11.3 Å². The van der Waals surface area contributed by atoms with Crippen molar-refractivity contribution in [3.63, 3.8) is 0 Å². The van der Waals surface area contributed by atoms with Crippen LogP contribution < -0.4 is 15.5 Å². The molecule has 0 radical (unpaired) electrons. The minimum Gasteiger partial charge on any atom is -0.380 e. The van der Waals surface area contributed by atoms with Crippen molar-refractivity contribution in [1.29, 1.82) is 0 Å². The molecule has 166 valence electrons. The zero-order valence-electron chi connectivity index (χ0n) is 17.8. The number of carbonyl (C=O) groups is 1. The first-order valence-electron chi connectivity index (χ1n) is 10.4. The predicted molar refractivity (Wildman–Crippen MR) is 126 cm³/mol. The minimum absolute atomic E-state index is 0.253. The molecule has 2 fully saturated rings. The summed E-state index contributed by atoms with van der Waals surface area (Å²) in [6.45, 7) is 7.34. The summed E-state index contributed by atoms with van der Waals surface area (Å²) in [5, 5.41) is 7.18. The summed E-state index contributed by atoms with van der Waals surface area (Å²) in [6.07, 6.45) is 2.67. The number of rotatable bonds is 5. The second-order valence-electron chi connectivity index (χ2n) is 8.36. The van der Waals surface area contributed by atoms with Crippen LogP contribution in [0.3, 0.4) is 0 Å². The Labute approximate surface area is 195 Å². The van der Waals surface area contributed by atoms with Gasteiger partial charge in [-0.15, -0.1) is 0 Å². The number of anilines is 4. The lowest BCUT2D eigenvalue weighted by molar-refractivity contribution is -0.0985. The van der Waals surface area contributed by atoms with Gasteiger partial charge < -0.3 is 20.3 Å². The van der Waals surface area contributed by atoms with Crippen LogP contribution >= 0.6 is 22.9 Å². The fourth-order valence-electron chi connectivity index (χ4n) is 4.05. The number of aromatic nitrogens is 3. The smallest absolute Gasteiger partial charge is 0.267 e. The summed E-state index contributed by atoms with van der Waals surface area (Å²) >= 11 is 7.48. The molecule has 2 aliphatic heterocycles. The Morgan fingerprint density at radius 1 is 1.28 bits per heavy atom. The van der Waals surface area contributed by atoms with E-state index < -0.39 is 0 Å². The molecule has 0 bridgehead atoms. The van der Waals surface area contributed by atoms with Crippen molar-refractivity contribution in [3.05, 3.63) is 51.7 Å². The number of aryl methyl sites for hydroxylation is 2. The third-order valence-electron chi connectivity index (χ3n) is 5.83. The molecular formula is C22H23ClN6O2S. The second-order valence-corrected chi connectivity index (χ2v) is 9.80. The molecule has 1 amide bonds. The van der Waals surface area contributed by atoms with E-state index in [0.717, 1.165) is 44.1 Å². The first kappa shape index (κ1) is 21.1. The average molecular weight is 471 g/mol. The maximum absolute atomic E-state index is 12.7. The van der Waals surface area contributed by atoms with Crippen LogP contribution in [0.1, 0.15) is 27.5 Å². The first-order valence-corrected chi connectivity index (χ1v) is 11.6. The van der Waals surface area contributed by atoms with Gasteiger partial charge >= 0.3 is 0 Å². The van der Waals surface area contributed by atoms with Crippen molar-refractivity contribution >= 4 is 51.3 Å². The topological polar surface area (TPSA) is 92.3 Å². The molecule has 2 aromatic heterocycles. The van der Waals surface area contributed by atoms with E-state index in [9.17, 15) is 4.79 Å². The molecule has 0 aliphatic carbocycles. The Morgan fingerprint density at radius 3 is 2.84 bits per heavy atom. The largest absolute Gasteiger partial charge is 0.380 e. The zero-order valence-corrected chi connectivity index (χ0v) is 19.4. The lowest BCUT2D eigenvalue weighted by Crippen LogP contribution is -2.44. The number of ether oxygens (including phenoxy) is 1. The van der Waals surface area contributed by atoms with E-state index in [4.69, 9.17) is 16.3 Å². The quantitative estimate of drug-likeness (QED) is 0.570. The Hall–Kier alpha value is -2.75. The lowest BCUT2D eigenvalue weighted by atomic mass is 9.85. The standard InChI is InChI=1S/C22H23ClN6O2S/c1-13-4-3-5-15(23)19(13)28-20(30)16-9-24-21(32-16)27-17-8-18(26-14(2)25-17)29-7-6-22(10-29)11-31-12-22/h3-5,8-9H,6-7,10-12H2,1-2H3,(H,28,30)(H,24,25,26,27). The van der Waals surface area contributed by atoms with Crippen molar-refractivity contribution in [2.24, 2.45) is 5.41 Å². The highest BCUT2D eigenvalue weighted by Gasteiger charge is 2.44. The van der Waals surface area contributed by atoms with Crippen molar-refractivity contribution in [1.82, 2.24) is 15.0 Å². The molecule has 5 rings (SSSR count). The van der Waals surface area contributed by atoms with Crippen LogP contribution in [0.2, 0.25) is 5.02 Å². The van der Waals surface area contributed by atoms with Crippen LogP contribution in [-0.2, 0) is 4.74 Å². The molecule has 4 heterocycles. The molecule has 3 aromatic rings. The molecule has 10 heteroatoms. The van der Waals surface area contributed by atoms with Crippen LogP contribution in [-0.4, -0.2) is 47.2 Å². The molecule has 0 saturated carbocycles. The van der Waals surface area contributed by atoms with E-state index in [2.05, 4.69) is 30.5 Å². The van der Waals surface area contributed by atoms with E-state index in [0.29, 0.717) is 32.4 Å². The highest BCUT2D eigenvalue weighted by Crippen LogP contribution is 2.39. The van der Waals surface area contributed by atoms with Crippen LogP contribution in [0.4, 0.5) is 22.5 Å². The molecule has 32 heavy (non-hydrogen) atoms. The minimum atomic E-state index is -0.253. The highest BCUT2D eigenvalue weighted by atomic mass is 35.5. The number of halogens is 1. The Kier molecular flexibility index (Phi) is 5.48. The van der Waals surface area contributed by atoms with Gasteiger partial charge in [-0.3, -0.25) is 4.79 Å². The summed E-state index contributed by atoms with van der Waals surface area (Å²) in [6, 6.07) is 7.43. The Balaban J connectivity index is 1.29. The molecular weight excluding hydrogens is 448 g/mol. The molecule has 1 spiro atoms. The number of carbonyl (C=O) groups excluding carboxylic acids is 1. The van der Waals surface area contributed by atoms with Gasteiger partial charge in [-0.2, -0.15) is 0 Å². The van der Waals surface area contributed by atoms with E-state index in [1.54, 1.807) is 12.3 Å². The van der Waals surface area contributed by atoms with Crippen LogP contribution in [0.15, 0.2) is 30.5 Å². The fourth-order valence-corrected chi connectivity index (χ4v) is 5.03. The van der Waals surface area contributed by atoms with Gasteiger partial charge in [0.2, 0.25) is 0 Å². The molecule has 8 nitrogen and oxygen atoms in total. The number of nitrogens with one attached hydrogen (secondary N) is 2. The van der Waals surface area contributed by atoms with Gasteiger partial charge in [0.1, 0.15) is 22.3 Å². The number of hydrogen-bond donors (Lipinski definition) is 2. The predicted octanol–water partition coefficient (Wildman–Crippen LogP) is 4.43. The molecule has 0 unspecified atom stereocenters. The number of hydrogen-bond acceptors (Lipinski definition) is 8. The van der Waals surface area contributed by atoms with E-state index in [1.807, 2.05) is 32.0 Å². The first-order chi connectivity index (χ1) is 15.4. The van der Waals surface area contributed by atoms with Crippen molar-refractivity contribution in [3.8, 4) is 0 Å². The highest BCUT2D eigenvalue weighted by molar-refractivity contribution is 7.17. The maximum Gasteiger partial charge on any atom is 0.267 e. The molecule has 2 N–H and O–H groups in total. The van der Waals surface area contributed by atoms with Gasteiger partial charge in [-0.1, -0.05) is 35.1 Å². The van der Waals surface area contributed by atoms with Gasteiger partial charge in [0, 0.05) is 24.6 Å². The monoisotopic (exact) mass is 470 g/mol. The number of para-hydroxylation sites is 1. The third kappa shape index (κ3) is 4.15. The fraction of sp³-hybridized carbons (Fsp3) is 0.364. The Bertz CT molecular complexity index is 1160. The molecule has 0 atom stereocenters. The number of thiazole rings is 1. The van der Waals surface area contributed by atoms with E-state index >= 15 is 0 Å². The Morgan fingerprint density at radius 2 is 2.12 bits per heavy atom. The lowest BCUT2D eigenvalue weighted by Gasteiger charge is -2.37. The summed E-state index contributed by atoms with van der Waals surface area (Å²) in [7, 11) is 0. The van der Waals surface area contributed by atoms with E-state index in [1.165, 1.54) is 11.3 Å². The van der Waals surface area contributed by atoms with Crippen LogP contribution in [0.5, 0.6) is 0 Å². The maximum atomic E-state index is 12.7. The summed E-state index contributed by atoms with van der Waals surface area (Å²) < 4.78 is 5.42. The number of nitrogens with zero attached hydrogens (tertiary/aromatic N) is 4. The normalized spacial score (nSPS) is 16.8. The van der Waals surface area contributed by atoms with Crippen molar-refractivity contribution in [2.45, 2.75) is 20.3 Å². The van der Waals surface area contributed by atoms with Crippen LogP contribution in [0.25, 0.3) is 0 Å². The summed E-state index contributed by atoms with van der Waals surface area (Å²) in [5.74, 6) is 1.98. The van der Waals surface area contributed by atoms with Crippen molar-refractivity contribution in [2.75, 3.05) is 41.8 Å². The third-order valence-corrected chi connectivity index (χ3v) is 7.05. The average Bonchev–Trinajstić information content (AvgIpc) is 3.38. The van der Waals surface area contributed by atoms with Gasteiger partial charge in [0.15, 0.2) is 5.13 Å². The molecule has 2 aliphatic rings. The zero-order chi connectivity index (χ0) is 22.3.